The lowest BCUT2D eigenvalue weighted by atomic mass is 9.53. The van der Waals surface area contributed by atoms with Crippen LogP contribution in [0.5, 0.6) is 5.75 Å². The molecule has 4 N–H and O–H groups in total. The number of aromatic nitrogens is 2. The van der Waals surface area contributed by atoms with Crippen molar-refractivity contribution in [2.24, 2.45) is 17.8 Å². The first-order valence-electron chi connectivity index (χ1n) is 9.92. The molecule has 4 fully saturated rings. The van der Waals surface area contributed by atoms with Crippen LogP contribution in [0, 0.1) is 17.8 Å². The third-order valence-corrected chi connectivity index (χ3v) is 6.66. The molecule has 6 nitrogen and oxygen atoms in total. The minimum Gasteiger partial charge on any atom is -0.497 e. The zero-order chi connectivity index (χ0) is 18.4. The molecular formula is C21H27N5O. The molecular weight excluding hydrogens is 338 g/mol. The molecule has 2 aromatic rings. The predicted octanol–water partition coefficient (Wildman–Crippen LogP) is 4.19. The maximum atomic E-state index is 6.44. The Labute approximate surface area is 159 Å². The van der Waals surface area contributed by atoms with Gasteiger partial charge in [0.2, 0.25) is 0 Å². The van der Waals surface area contributed by atoms with Crippen LogP contribution in [0.3, 0.4) is 0 Å². The Morgan fingerprint density at radius 2 is 1.56 bits per heavy atom. The van der Waals surface area contributed by atoms with E-state index >= 15 is 0 Å². The Kier molecular flexibility index (Phi) is 3.88. The number of nitrogens with zero attached hydrogens (tertiary/aromatic N) is 2. The number of methoxy groups -OCH3 is 1. The highest BCUT2D eigenvalue weighted by Crippen LogP contribution is 2.56. The van der Waals surface area contributed by atoms with Gasteiger partial charge in [-0.3, -0.25) is 0 Å². The maximum Gasteiger partial charge on any atom is 0.159 e. The number of rotatable bonds is 5. The largest absolute Gasteiger partial charge is 0.497 e. The molecule has 1 heterocycles. The normalized spacial score (nSPS) is 30.9. The zero-order valence-corrected chi connectivity index (χ0v) is 15.7. The summed E-state index contributed by atoms with van der Waals surface area (Å²) in [5.74, 6) is 4.86. The van der Waals surface area contributed by atoms with Gasteiger partial charge in [0.05, 0.1) is 7.11 Å². The van der Waals surface area contributed by atoms with Crippen LogP contribution in [-0.2, 0) is 0 Å². The van der Waals surface area contributed by atoms with Crippen molar-refractivity contribution in [1.29, 1.82) is 0 Å². The summed E-state index contributed by atoms with van der Waals surface area (Å²) in [5.41, 5.74) is 8.12. The fourth-order valence-electron chi connectivity index (χ4n) is 5.92. The Balaban J connectivity index is 1.37. The van der Waals surface area contributed by atoms with Crippen molar-refractivity contribution in [3.05, 3.63) is 30.6 Å². The molecule has 0 spiro atoms. The molecule has 0 radical (unpaired) electrons. The maximum absolute atomic E-state index is 6.44. The van der Waals surface area contributed by atoms with Gasteiger partial charge in [-0.2, -0.15) is 0 Å². The number of nitrogens with one attached hydrogen (secondary N) is 2. The van der Waals surface area contributed by atoms with Crippen molar-refractivity contribution in [2.75, 3.05) is 23.5 Å². The summed E-state index contributed by atoms with van der Waals surface area (Å²) in [5, 5.41) is 7.06. The van der Waals surface area contributed by atoms with Gasteiger partial charge in [0, 0.05) is 11.2 Å². The van der Waals surface area contributed by atoms with Gasteiger partial charge in [0.1, 0.15) is 17.8 Å². The van der Waals surface area contributed by atoms with E-state index < -0.39 is 0 Å². The minimum atomic E-state index is 0.175. The molecule has 6 heteroatoms. The van der Waals surface area contributed by atoms with E-state index in [0.717, 1.165) is 35.0 Å². The number of hydrogen-bond acceptors (Lipinski definition) is 6. The van der Waals surface area contributed by atoms with Crippen molar-refractivity contribution in [3.8, 4) is 5.75 Å². The van der Waals surface area contributed by atoms with Crippen molar-refractivity contribution < 1.29 is 4.74 Å². The number of ether oxygens (including phenoxy) is 1. The first-order valence-corrected chi connectivity index (χ1v) is 9.92. The second kappa shape index (κ2) is 6.29. The van der Waals surface area contributed by atoms with E-state index in [1.807, 2.05) is 24.3 Å². The SMILES string of the molecule is COc1ccc(Nc2ncnc(NC34CC5CC(CC(C5)C3)C4)c2N)cc1. The fraction of sp³-hybridized carbons (Fsp3) is 0.524. The molecule has 0 unspecified atom stereocenters. The highest BCUT2D eigenvalue weighted by atomic mass is 16.5. The molecule has 4 aliphatic carbocycles. The summed E-state index contributed by atoms with van der Waals surface area (Å²) in [7, 11) is 1.66. The van der Waals surface area contributed by atoms with Gasteiger partial charge in [0.15, 0.2) is 11.6 Å². The Bertz CT molecular complexity index is 800. The molecule has 4 aliphatic rings. The second-order valence-corrected chi connectivity index (χ2v) is 8.66. The number of hydrogen-bond donors (Lipinski definition) is 3. The van der Waals surface area contributed by atoms with E-state index in [1.54, 1.807) is 13.4 Å². The number of anilines is 4. The van der Waals surface area contributed by atoms with Gasteiger partial charge in [-0.15, -0.1) is 0 Å². The summed E-state index contributed by atoms with van der Waals surface area (Å²) < 4.78 is 5.21. The van der Waals surface area contributed by atoms with Gasteiger partial charge < -0.3 is 21.1 Å². The quantitative estimate of drug-likeness (QED) is 0.737. The first-order chi connectivity index (χ1) is 13.1. The van der Waals surface area contributed by atoms with Gasteiger partial charge in [-0.05, 0) is 80.5 Å². The first kappa shape index (κ1) is 16.7. The van der Waals surface area contributed by atoms with Gasteiger partial charge in [-0.25, -0.2) is 9.97 Å². The van der Waals surface area contributed by atoms with E-state index in [0.29, 0.717) is 11.5 Å². The predicted molar refractivity (Wildman–Crippen MR) is 107 cm³/mol. The molecule has 4 saturated carbocycles. The summed E-state index contributed by atoms with van der Waals surface area (Å²) in [4.78, 5) is 8.83. The fourth-order valence-corrected chi connectivity index (χ4v) is 5.92. The highest BCUT2D eigenvalue weighted by molar-refractivity contribution is 5.78. The number of nitrogens with two attached hydrogens (primary N) is 1. The van der Waals surface area contributed by atoms with Crippen molar-refractivity contribution in [1.82, 2.24) is 9.97 Å². The molecule has 0 amide bonds. The van der Waals surface area contributed by atoms with E-state index in [1.165, 1.54) is 38.5 Å². The van der Waals surface area contributed by atoms with E-state index in [9.17, 15) is 0 Å². The van der Waals surface area contributed by atoms with Crippen molar-refractivity contribution >= 4 is 23.0 Å². The van der Waals surface area contributed by atoms with Gasteiger partial charge in [0.25, 0.3) is 0 Å². The highest BCUT2D eigenvalue weighted by Gasteiger charge is 2.51. The van der Waals surface area contributed by atoms with Crippen LogP contribution >= 0.6 is 0 Å². The van der Waals surface area contributed by atoms with Gasteiger partial charge >= 0.3 is 0 Å². The number of benzene rings is 1. The molecule has 27 heavy (non-hydrogen) atoms. The van der Waals surface area contributed by atoms with E-state index in [-0.39, 0.29) is 5.54 Å². The van der Waals surface area contributed by atoms with Crippen LogP contribution in [0.1, 0.15) is 38.5 Å². The smallest absolute Gasteiger partial charge is 0.159 e. The lowest BCUT2D eigenvalue weighted by molar-refractivity contribution is 0.0106. The van der Waals surface area contributed by atoms with Crippen LogP contribution in [0.25, 0.3) is 0 Å². The molecule has 4 bridgehead atoms. The Morgan fingerprint density at radius 3 is 2.15 bits per heavy atom. The van der Waals surface area contributed by atoms with Crippen LogP contribution in [0.2, 0.25) is 0 Å². The van der Waals surface area contributed by atoms with Crippen molar-refractivity contribution in [2.45, 2.75) is 44.1 Å². The average Bonchev–Trinajstić information content (AvgIpc) is 2.64. The van der Waals surface area contributed by atoms with Crippen molar-refractivity contribution in [3.63, 3.8) is 0 Å². The molecule has 0 saturated heterocycles. The third-order valence-electron chi connectivity index (χ3n) is 6.66. The lowest BCUT2D eigenvalue weighted by Gasteiger charge is -2.57. The van der Waals surface area contributed by atoms with Crippen LogP contribution in [-0.4, -0.2) is 22.6 Å². The Morgan fingerprint density at radius 1 is 0.963 bits per heavy atom. The van der Waals surface area contributed by atoms with E-state index in [2.05, 4.69) is 20.6 Å². The summed E-state index contributed by atoms with van der Waals surface area (Å²) in [6.07, 6.45) is 9.61. The summed E-state index contributed by atoms with van der Waals surface area (Å²) >= 11 is 0. The topological polar surface area (TPSA) is 85.1 Å². The summed E-state index contributed by atoms with van der Waals surface area (Å²) in [6, 6.07) is 7.72. The van der Waals surface area contributed by atoms with E-state index in [4.69, 9.17) is 10.5 Å². The molecule has 142 valence electrons. The Hall–Kier alpha value is -2.50. The molecule has 1 aromatic carbocycles. The molecule has 0 atom stereocenters. The average molecular weight is 365 g/mol. The second-order valence-electron chi connectivity index (χ2n) is 8.66. The third kappa shape index (κ3) is 3.07. The van der Waals surface area contributed by atoms with Crippen LogP contribution in [0.15, 0.2) is 30.6 Å². The molecule has 1 aromatic heterocycles. The minimum absolute atomic E-state index is 0.175. The molecule has 0 aliphatic heterocycles. The van der Waals surface area contributed by atoms with Crippen LogP contribution < -0.4 is 21.1 Å². The molecule has 6 rings (SSSR count). The standard InChI is InChI=1S/C21H27N5O/c1-27-17-4-2-16(3-5-17)25-19-18(22)20(24-12-23-19)26-21-9-13-6-14(10-21)8-15(7-13)11-21/h2-5,12-15H,6-11,22H2,1H3,(H2,23,24,25,26). The monoisotopic (exact) mass is 365 g/mol. The van der Waals surface area contributed by atoms with Crippen LogP contribution in [0.4, 0.5) is 23.0 Å². The summed E-state index contributed by atoms with van der Waals surface area (Å²) in [6.45, 7) is 0. The van der Waals surface area contributed by atoms with Gasteiger partial charge in [-0.1, -0.05) is 0 Å². The lowest BCUT2D eigenvalue weighted by Crippen LogP contribution is -2.55. The zero-order valence-electron chi connectivity index (χ0n) is 15.7. The number of nitrogen functional groups attached to an aromatic ring is 1.